The second-order valence-electron chi connectivity index (χ2n) is 3.29. The normalized spacial score (nSPS) is 16.7. The Bertz CT molecular complexity index is 294. The molecular weight excluding hydrogens is 226 g/mol. The van der Waals surface area contributed by atoms with Crippen LogP contribution in [0.3, 0.4) is 0 Å². The summed E-state index contributed by atoms with van der Waals surface area (Å²) in [6.45, 7) is 3.24. The van der Waals surface area contributed by atoms with Crippen LogP contribution in [0.2, 0.25) is 0 Å². The Labute approximate surface area is 87.2 Å². The van der Waals surface area contributed by atoms with Gasteiger partial charge in [-0.3, -0.25) is 4.90 Å². The molecule has 0 saturated carbocycles. The van der Waals surface area contributed by atoms with Crippen molar-refractivity contribution in [3.63, 3.8) is 0 Å². The number of hydrogen-bond acceptors (Lipinski definition) is 1. The largest absolute Gasteiger partial charge is 0.292 e. The predicted molar refractivity (Wildman–Crippen MR) is 58.6 cm³/mol. The van der Waals surface area contributed by atoms with Crippen LogP contribution in [0.1, 0.15) is 5.56 Å². The van der Waals surface area contributed by atoms with Crippen LogP contribution >= 0.6 is 15.9 Å². The number of benzene rings is 1. The Hall–Kier alpha value is -0.600. The van der Waals surface area contributed by atoms with Crippen LogP contribution in [-0.2, 0) is 6.54 Å². The van der Waals surface area contributed by atoms with Gasteiger partial charge in [0.05, 0.1) is 0 Å². The average molecular weight is 238 g/mol. The molecule has 1 aliphatic rings. The topological polar surface area (TPSA) is 3.24 Å². The fourth-order valence-corrected chi connectivity index (χ4v) is 1.76. The lowest BCUT2D eigenvalue weighted by molar-refractivity contribution is 0.345. The van der Waals surface area contributed by atoms with E-state index >= 15 is 0 Å². The zero-order chi connectivity index (χ0) is 9.10. The predicted octanol–water partition coefficient (Wildman–Crippen LogP) is 2.82. The standard InChI is InChI=1S/C11H12BrN/c12-11-5-3-10(4-6-11)9-13-7-1-2-8-13/h1-6H,7-9H2. The maximum absolute atomic E-state index is 3.43. The third-order valence-corrected chi connectivity index (χ3v) is 2.74. The van der Waals surface area contributed by atoms with Crippen molar-refractivity contribution in [3.05, 3.63) is 46.5 Å². The molecule has 0 atom stereocenters. The third-order valence-electron chi connectivity index (χ3n) is 2.21. The molecular formula is C11H12BrN. The van der Waals surface area contributed by atoms with Crippen molar-refractivity contribution in [2.24, 2.45) is 0 Å². The minimum Gasteiger partial charge on any atom is -0.292 e. The van der Waals surface area contributed by atoms with Gasteiger partial charge >= 0.3 is 0 Å². The van der Waals surface area contributed by atoms with E-state index in [-0.39, 0.29) is 0 Å². The summed E-state index contributed by atoms with van der Waals surface area (Å²) in [6, 6.07) is 8.53. The second kappa shape index (κ2) is 4.07. The van der Waals surface area contributed by atoms with Crippen LogP contribution in [0.25, 0.3) is 0 Å². The first-order valence-corrected chi connectivity index (χ1v) is 5.26. The maximum Gasteiger partial charge on any atom is 0.0240 e. The summed E-state index contributed by atoms with van der Waals surface area (Å²) in [7, 11) is 0. The van der Waals surface area contributed by atoms with Gasteiger partial charge in [-0.2, -0.15) is 0 Å². The highest BCUT2D eigenvalue weighted by atomic mass is 79.9. The summed E-state index contributed by atoms with van der Waals surface area (Å²) in [5.41, 5.74) is 1.38. The minimum atomic E-state index is 1.06. The molecule has 1 aromatic rings. The van der Waals surface area contributed by atoms with Crippen LogP contribution in [0.15, 0.2) is 40.9 Å². The molecule has 1 nitrogen and oxygen atoms in total. The van der Waals surface area contributed by atoms with E-state index in [1.54, 1.807) is 0 Å². The second-order valence-corrected chi connectivity index (χ2v) is 4.21. The molecule has 13 heavy (non-hydrogen) atoms. The van der Waals surface area contributed by atoms with Crippen molar-refractivity contribution >= 4 is 15.9 Å². The summed E-state index contributed by atoms with van der Waals surface area (Å²) in [6.07, 6.45) is 4.44. The summed E-state index contributed by atoms with van der Waals surface area (Å²) in [4.78, 5) is 2.41. The summed E-state index contributed by atoms with van der Waals surface area (Å²) in [5, 5.41) is 0. The molecule has 1 heterocycles. The number of halogens is 1. The highest BCUT2D eigenvalue weighted by Gasteiger charge is 2.05. The van der Waals surface area contributed by atoms with Crippen LogP contribution in [0.5, 0.6) is 0 Å². The fourth-order valence-electron chi connectivity index (χ4n) is 1.50. The van der Waals surface area contributed by atoms with E-state index in [4.69, 9.17) is 0 Å². The van der Waals surface area contributed by atoms with Gasteiger partial charge in [-0.25, -0.2) is 0 Å². The number of nitrogens with zero attached hydrogens (tertiary/aromatic N) is 1. The van der Waals surface area contributed by atoms with E-state index in [2.05, 4.69) is 57.2 Å². The van der Waals surface area contributed by atoms with E-state index in [0.717, 1.165) is 24.1 Å². The van der Waals surface area contributed by atoms with Crippen LogP contribution in [0, 0.1) is 0 Å². The Morgan fingerprint density at radius 3 is 2.31 bits per heavy atom. The Balaban J connectivity index is 1.97. The monoisotopic (exact) mass is 237 g/mol. The summed E-state index contributed by atoms with van der Waals surface area (Å²) in [5.74, 6) is 0. The zero-order valence-electron chi connectivity index (χ0n) is 7.41. The first-order chi connectivity index (χ1) is 6.34. The van der Waals surface area contributed by atoms with Gasteiger partial charge in [-0.1, -0.05) is 40.2 Å². The average Bonchev–Trinajstić information content (AvgIpc) is 2.62. The molecule has 2 rings (SSSR count). The van der Waals surface area contributed by atoms with Gasteiger partial charge in [0.15, 0.2) is 0 Å². The van der Waals surface area contributed by atoms with E-state index in [9.17, 15) is 0 Å². The van der Waals surface area contributed by atoms with Gasteiger partial charge in [0.2, 0.25) is 0 Å². The highest BCUT2D eigenvalue weighted by Crippen LogP contribution is 2.13. The SMILES string of the molecule is Brc1ccc(CN2CC=CC2)cc1. The van der Waals surface area contributed by atoms with Crippen molar-refractivity contribution in [1.82, 2.24) is 4.90 Å². The molecule has 0 fully saturated rings. The molecule has 0 N–H and O–H groups in total. The van der Waals surface area contributed by atoms with Gasteiger partial charge < -0.3 is 0 Å². The molecule has 0 spiro atoms. The molecule has 0 unspecified atom stereocenters. The molecule has 1 aromatic carbocycles. The molecule has 1 aliphatic heterocycles. The van der Waals surface area contributed by atoms with Crippen molar-refractivity contribution in [2.75, 3.05) is 13.1 Å². The molecule has 0 bridgehead atoms. The fraction of sp³-hybridized carbons (Fsp3) is 0.273. The minimum absolute atomic E-state index is 1.06. The molecule has 0 aromatic heterocycles. The Morgan fingerprint density at radius 1 is 1.08 bits per heavy atom. The Morgan fingerprint density at radius 2 is 1.69 bits per heavy atom. The first-order valence-electron chi connectivity index (χ1n) is 4.46. The Kier molecular flexibility index (Phi) is 2.81. The van der Waals surface area contributed by atoms with Crippen molar-refractivity contribution in [2.45, 2.75) is 6.54 Å². The number of hydrogen-bond donors (Lipinski definition) is 0. The van der Waals surface area contributed by atoms with Crippen molar-refractivity contribution in [1.29, 1.82) is 0 Å². The smallest absolute Gasteiger partial charge is 0.0240 e. The molecule has 0 saturated heterocycles. The molecule has 0 aliphatic carbocycles. The quantitative estimate of drug-likeness (QED) is 0.716. The van der Waals surface area contributed by atoms with Crippen molar-refractivity contribution < 1.29 is 0 Å². The van der Waals surface area contributed by atoms with Gasteiger partial charge in [-0.05, 0) is 17.7 Å². The lowest BCUT2D eigenvalue weighted by atomic mass is 10.2. The highest BCUT2D eigenvalue weighted by molar-refractivity contribution is 9.10. The lowest BCUT2D eigenvalue weighted by Gasteiger charge is -2.14. The third kappa shape index (κ3) is 2.42. The molecule has 2 heteroatoms. The zero-order valence-corrected chi connectivity index (χ0v) is 9.00. The van der Waals surface area contributed by atoms with Crippen LogP contribution in [0.4, 0.5) is 0 Å². The lowest BCUT2D eigenvalue weighted by Crippen LogP contribution is -2.18. The van der Waals surface area contributed by atoms with Crippen molar-refractivity contribution in [3.8, 4) is 0 Å². The maximum atomic E-state index is 3.43. The van der Waals surface area contributed by atoms with E-state index in [0.29, 0.717) is 0 Å². The van der Waals surface area contributed by atoms with Gasteiger partial charge in [0.25, 0.3) is 0 Å². The van der Waals surface area contributed by atoms with E-state index in [1.165, 1.54) is 5.56 Å². The van der Waals surface area contributed by atoms with E-state index < -0.39 is 0 Å². The summed E-state index contributed by atoms with van der Waals surface area (Å²) >= 11 is 3.43. The summed E-state index contributed by atoms with van der Waals surface area (Å²) < 4.78 is 1.15. The number of rotatable bonds is 2. The van der Waals surface area contributed by atoms with Crippen LogP contribution in [-0.4, -0.2) is 18.0 Å². The van der Waals surface area contributed by atoms with E-state index in [1.807, 2.05) is 0 Å². The first kappa shape index (κ1) is 8.97. The molecule has 68 valence electrons. The molecule has 0 radical (unpaired) electrons. The van der Waals surface area contributed by atoms with Crippen LogP contribution < -0.4 is 0 Å². The molecule has 0 amide bonds. The van der Waals surface area contributed by atoms with Gasteiger partial charge in [0, 0.05) is 24.1 Å². The van der Waals surface area contributed by atoms with Gasteiger partial charge in [0.1, 0.15) is 0 Å². The van der Waals surface area contributed by atoms with Gasteiger partial charge in [-0.15, -0.1) is 0 Å².